The van der Waals surface area contributed by atoms with E-state index in [-0.39, 0.29) is 11.3 Å². The molecule has 0 aliphatic heterocycles. The average Bonchev–Trinajstić information content (AvgIpc) is 3.18. The molecule has 1 aliphatic carbocycles. The second-order valence-electron chi connectivity index (χ2n) is 7.03. The van der Waals surface area contributed by atoms with Crippen LogP contribution in [-0.4, -0.2) is 23.0 Å². The third-order valence-corrected chi connectivity index (χ3v) is 4.97. The maximum Gasteiger partial charge on any atom is 0.231 e. The van der Waals surface area contributed by atoms with Crippen molar-refractivity contribution in [2.24, 2.45) is 5.41 Å². The molecule has 1 N–H and O–H groups in total. The maximum atomic E-state index is 12.9. The van der Waals surface area contributed by atoms with Crippen molar-refractivity contribution in [3.8, 4) is 5.75 Å². The van der Waals surface area contributed by atoms with Crippen LogP contribution in [0.3, 0.4) is 0 Å². The van der Waals surface area contributed by atoms with Gasteiger partial charge in [-0.2, -0.15) is 0 Å². The molecule has 3 rings (SSSR count). The fourth-order valence-electron chi connectivity index (χ4n) is 3.34. The van der Waals surface area contributed by atoms with Crippen LogP contribution in [0.1, 0.15) is 37.2 Å². The van der Waals surface area contributed by atoms with Crippen LogP contribution in [-0.2, 0) is 16.8 Å². The first-order chi connectivity index (χ1) is 11.4. The van der Waals surface area contributed by atoms with Crippen LogP contribution in [0.2, 0.25) is 0 Å². The Labute approximate surface area is 142 Å². The molecule has 1 saturated carbocycles. The predicted molar refractivity (Wildman–Crippen MR) is 91.7 cm³/mol. The smallest absolute Gasteiger partial charge is 0.231 e. The van der Waals surface area contributed by atoms with Crippen LogP contribution in [0.5, 0.6) is 5.75 Å². The fourth-order valence-corrected chi connectivity index (χ4v) is 3.34. The maximum absolute atomic E-state index is 12.9. The second kappa shape index (κ2) is 5.89. The molecular weight excluding hydrogens is 302 g/mol. The highest BCUT2D eigenvalue weighted by atomic mass is 16.5. The first kappa shape index (κ1) is 16.4. The number of aromatic nitrogens is 2. The molecule has 1 aromatic heterocycles. The van der Waals surface area contributed by atoms with Crippen molar-refractivity contribution in [3.63, 3.8) is 0 Å². The Morgan fingerprint density at radius 1 is 1.21 bits per heavy atom. The van der Waals surface area contributed by atoms with Crippen LogP contribution in [0.4, 0.5) is 0 Å². The SMILES string of the molecule is COc1ccc(C2(C(=O)NCc3cnc(C)cn3)CC2(C)C)cc1. The molecule has 126 valence electrons. The van der Waals surface area contributed by atoms with Crippen molar-refractivity contribution >= 4 is 5.91 Å². The Balaban J connectivity index is 1.77. The lowest BCUT2D eigenvalue weighted by Crippen LogP contribution is -2.37. The van der Waals surface area contributed by atoms with Gasteiger partial charge < -0.3 is 10.1 Å². The minimum absolute atomic E-state index is 0.0417. The van der Waals surface area contributed by atoms with E-state index in [1.807, 2.05) is 31.2 Å². The van der Waals surface area contributed by atoms with Gasteiger partial charge in [-0.1, -0.05) is 26.0 Å². The number of carbonyl (C=O) groups excluding carboxylic acids is 1. The summed E-state index contributed by atoms with van der Waals surface area (Å²) in [5.41, 5.74) is 2.10. The minimum Gasteiger partial charge on any atom is -0.497 e. The van der Waals surface area contributed by atoms with Gasteiger partial charge >= 0.3 is 0 Å². The Morgan fingerprint density at radius 2 is 1.88 bits per heavy atom. The first-order valence-corrected chi connectivity index (χ1v) is 8.09. The topological polar surface area (TPSA) is 64.1 Å². The number of amides is 1. The summed E-state index contributed by atoms with van der Waals surface area (Å²) in [7, 11) is 1.64. The number of nitrogens with one attached hydrogen (secondary N) is 1. The van der Waals surface area contributed by atoms with E-state index >= 15 is 0 Å². The minimum atomic E-state index is -0.489. The molecule has 1 aromatic carbocycles. The molecule has 0 radical (unpaired) electrons. The van der Waals surface area contributed by atoms with Crippen molar-refractivity contribution in [1.82, 2.24) is 15.3 Å². The van der Waals surface area contributed by atoms with E-state index in [2.05, 4.69) is 29.1 Å². The van der Waals surface area contributed by atoms with Gasteiger partial charge in [-0.05, 0) is 36.5 Å². The molecule has 1 atom stereocenters. The Morgan fingerprint density at radius 3 is 2.38 bits per heavy atom. The lowest BCUT2D eigenvalue weighted by Gasteiger charge is -2.21. The molecule has 1 amide bonds. The largest absolute Gasteiger partial charge is 0.497 e. The van der Waals surface area contributed by atoms with Gasteiger partial charge in [0.1, 0.15) is 5.75 Å². The van der Waals surface area contributed by atoms with Crippen molar-refractivity contribution in [2.45, 2.75) is 39.2 Å². The number of carbonyl (C=O) groups is 1. The normalized spacial score (nSPS) is 21.2. The highest BCUT2D eigenvalue weighted by molar-refractivity contribution is 5.93. The third-order valence-electron chi connectivity index (χ3n) is 4.97. The zero-order valence-corrected chi connectivity index (χ0v) is 14.6. The fraction of sp³-hybridized carbons (Fsp3) is 0.421. The Hall–Kier alpha value is -2.43. The van der Waals surface area contributed by atoms with E-state index in [1.54, 1.807) is 19.5 Å². The average molecular weight is 325 g/mol. The Bertz CT molecular complexity index is 738. The van der Waals surface area contributed by atoms with Gasteiger partial charge in [-0.15, -0.1) is 0 Å². The lowest BCUT2D eigenvalue weighted by atomic mass is 9.87. The molecule has 1 aliphatic rings. The van der Waals surface area contributed by atoms with Gasteiger partial charge in [0.15, 0.2) is 0 Å². The van der Waals surface area contributed by atoms with E-state index in [1.165, 1.54) is 0 Å². The quantitative estimate of drug-likeness (QED) is 0.918. The van der Waals surface area contributed by atoms with Crippen LogP contribution >= 0.6 is 0 Å². The summed E-state index contributed by atoms with van der Waals surface area (Å²) in [5.74, 6) is 0.836. The molecule has 2 aromatic rings. The molecule has 0 saturated heterocycles. The number of rotatable bonds is 5. The number of benzene rings is 1. The summed E-state index contributed by atoms with van der Waals surface area (Å²) in [6, 6.07) is 7.78. The molecule has 5 heteroatoms. The number of methoxy groups -OCH3 is 1. The number of hydrogen-bond acceptors (Lipinski definition) is 4. The van der Waals surface area contributed by atoms with Crippen molar-refractivity contribution < 1.29 is 9.53 Å². The van der Waals surface area contributed by atoms with Gasteiger partial charge in [-0.3, -0.25) is 14.8 Å². The van der Waals surface area contributed by atoms with Gasteiger partial charge in [0, 0.05) is 6.20 Å². The van der Waals surface area contributed by atoms with Gasteiger partial charge in [0.05, 0.1) is 36.7 Å². The molecular formula is C19H23N3O2. The van der Waals surface area contributed by atoms with Crippen molar-refractivity contribution in [3.05, 3.63) is 53.6 Å². The predicted octanol–water partition coefficient (Wildman–Crippen LogP) is 2.78. The third kappa shape index (κ3) is 2.75. The Kier molecular flexibility index (Phi) is 4.03. The highest BCUT2D eigenvalue weighted by Crippen LogP contribution is 2.64. The molecule has 1 unspecified atom stereocenters. The summed E-state index contributed by atoms with van der Waals surface area (Å²) < 4.78 is 5.21. The van der Waals surface area contributed by atoms with Gasteiger partial charge in [-0.25, -0.2) is 0 Å². The molecule has 1 heterocycles. The molecule has 0 spiro atoms. The molecule has 0 bridgehead atoms. The van der Waals surface area contributed by atoms with E-state index in [9.17, 15) is 4.79 Å². The van der Waals surface area contributed by atoms with Crippen molar-refractivity contribution in [2.75, 3.05) is 7.11 Å². The van der Waals surface area contributed by atoms with E-state index in [0.29, 0.717) is 6.54 Å². The molecule has 5 nitrogen and oxygen atoms in total. The van der Waals surface area contributed by atoms with Crippen molar-refractivity contribution in [1.29, 1.82) is 0 Å². The highest BCUT2D eigenvalue weighted by Gasteiger charge is 2.66. The summed E-state index contributed by atoms with van der Waals surface area (Å²) in [5, 5.41) is 3.03. The zero-order chi connectivity index (χ0) is 17.4. The molecule has 1 fully saturated rings. The standard InChI is InChI=1S/C19H23N3O2/c1-13-9-21-15(10-20-13)11-22-17(23)19(12-18(19,2)3)14-5-7-16(24-4)8-6-14/h5-10H,11-12H2,1-4H3,(H,22,23). The second-order valence-corrected chi connectivity index (χ2v) is 7.03. The number of aryl methyl sites for hydroxylation is 1. The number of nitrogens with zero attached hydrogens (tertiary/aromatic N) is 2. The zero-order valence-electron chi connectivity index (χ0n) is 14.6. The summed E-state index contributed by atoms with van der Waals surface area (Å²) in [6.45, 7) is 6.53. The van der Waals surface area contributed by atoms with Gasteiger partial charge in [0.25, 0.3) is 0 Å². The monoisotopic (exact) mass is 325 g/mol. The van der Waals surface area contributed by atoms with E-state index in [0.717, 1.165) is 29.1 Å². The van der Waals surface area contributed by atoms with E-state index in [4.69, 9.17) is 4.74 Å². The summed E-state index contributed by atoms with van der Waals surface area (Å²) in [4.78, 5) is 21.5. The number of hydrogen-bond donors (Lipinski definition) is 1. The van der Waals surface area contributed by atoms with Crippen LogP contribution in [0.25, 0.3) is 0 Å². The van der Waals surface area contributed by atoms with Crippen LogP contribution in [0, 0.1) is 12.3 Å². The first-order valence-electron chi connectivity index (χ1n) is 8.09. The number of ether oxygens (including phenoxy) is 1. The van der Waals surface area contributed by atoms with Gasteiger partial charge in [0.2, 0.25) is 5.91 Å². The van der Waals surface area contributed by atoms with Crippen LogP contribution < -0.4 is 10.1 Å². The lowest BCUT2D eigenvalue weighted by molar-refractivity contribution is -0.124. The summed E-state index contributed by atoms with van der Waals surface area (Å²) >= 11 is 0. The van der Waals surface area contributed by atoms with Crippen LogP contribution in [0.15, 0.2) is 36.7 Å². The summed E-state index contributed by atoms with van der Waals surface area (Å²) in [6.07, 6.45) is 4.24. The molecule has 24 heavy (non-hydrogen) atoms. The van der Waals surface area contributed by atoms with E-state index < -0.39 is 5.41 Å².